The first-order valence-electron chi connectivity index (χ1n) is 10.3. The van der Waals surface area contributed by atoms with E-state index in [-0.39, 0.29) is 6.10 Å². The Labute approximate surface area is 171 Å². The summed E-state index contributed by atoms with van der Waals surface area (Å²) in [6, 6.07) is 12.6. The maximum Gasteiger partial charge on any atom is 0.142 e. The Kier molecular flexibility index (Phi) is 6.49. The lowest BCUT2D eigenvalue weighted by Crippen LogP contribution is -2.46. The minimum Gasteiger partial charge on any atom is -0.492 e. The summed E-state index contributed by atoms with van der Waals surface area (Å²) in [5, 5.41) is 6.38. The van der Waals surface area contributed by atoms with Crippen LogP contribution in [-0.4, -0.2) is 56.0 Å². The number of nitrogens with zero attached hydrogens (tertiary/aromatic N) is 3. The van der Waals surface area contributed by atoms with Crippen molar-refractivity contribution in [2.75, 3.05) is 44.2 Å². The summed E-state index contributed by atoms with van der Waals surface area (Å²) in [6.45, 7) is 8.18. The molecule has 1 aromatic heterocycles. The molecule has 1 fully saturated rings. The molecule has 2 aliphatic rings. The van der Waals surface area contributed by atoms with Crippen molar-refractivity contribution >= 4 is 22.7 Å². The first-order chi connectivity index (χ1) is 13.8. The van der Waals surface area contributed by atoms with Crippen molar-refractivity contribution in [1.29, 1.82) is 0 Å². The standard InChI is InChI=1S/C22H29N3O2S/c1-2-26-21-9-4-3-8-20(21)25-14-12-24(13-15-25)11-5-7-18-17-19(23-27-18)22-10-6-16-28-22/h3-4,6,8-10,16,18H,2,5,7,11-15,17H2,1H3. The number of hydrogen-bond acceptors (Lipinski definition) is 6. The van der Waals surface area contributed by atoms with Crippen LogP contribution >= 0.6 is 11.3 Å². The minimum atomic E-state index is 0.247. The van der Waals surface area contributed by atoms with Gasteiger partial charge in [0, 0.05) is 32.6 Å². The SMILES string of the molecule is CCOc1ccccc1N1CCN(CCCC2CC(c3cccs3)=NO2)CC1. The van der Waals surface area contributed by atoms with Crippen molar-refractivity contribution in [2.24, 2.45) is 5.16 Å². The summed E-state index contributed by atoms with van der Waals surface area (Å²) in [6.07, 6.45) is 3.43. The number of thiophene rings is 1. The summed E-state index contributed by atoms with van der Waals surface area (Å²) >= 11 is 1.74. The van der Waals surface area contributed by atoms with Gasteiger partial charge in [-0.2, -0.15) is 0 Å². The van der Waals surface area contributed by atoms with E-state index in [2.05, 4.69) is 50.7 Å². The van der Waals surface area contributed by atoms with Gasteiger partial charge in [0.15, 0.2) is 0 Å². The van der Waals surface area contributed by atoms with Gasteiger partial charge in [0.05, 0.1) is 17.2 Å². The lowest BCUT2D eigenvalue weighted by Gasteiger charge is -2.36. The second kappa shape index (κ2) is 9.43. The Morgan fingerprint density at radius 2 is 2.00 bits per heavy atom. The third-order valence-corrected chi connectivity index (χ3v) is 6.34. The second-order valence-corrected chi connectivity index (χ2v) is 8.27. The number of anilines is 1. The summed E-state index contributed by atoms with van der Waals surface area (Å²) in [5.74, 6) is 0.998. The number of rotatable bonds is 8. The zero-order valence-electron chi connectivity index (χ0n) is 16.5. The van der Waals surface area contributed by atoms with E-state index < -0.39 is 0 Å². The zero-order valence-corrected chi connectivity index (χ0v) is 17.4. The van der Waals surface area contributed by atoms with E-state index in [4.69, 9.17) is 9.57 Å². The maximum absolute atomic E-state index is 5.80. The number of hydrogen-bond donors (Lipinski definition) is 0. The van der Waals surface area contributed by atoms with Crippen molar-refractivity contribution in [3.63, 3.8) is 0 Å². The van der Waals surface area contributed by atoms with E-state index in [0.717, 1.165) is 63.4 Å². The van der Waals surface area contributed by atoms with Crippen LogP contribution in [0.3, 0.4) is 0 Å². The number of piperazine rings is 1. The molecule has 0 saturated carbocycles. The Morgan fingerprint density at radius 1 is 1.14 bits per heavy atom. The van der Waals surface area contributed by atoms with Gasteiger partial charge in [-0.05, 0) is 49.9 Å². The lowest BCUT2D eigenvalue weighted by molar-refractivity contribution is 0.0745. The zero-order chi connectivity index (χ0) is 19.2. The molecule has 3 heterocycles. The molecule has 1 atom stereocenters. The van der Waals surface area contributed by atoms with Crippen molar-refractivity contribution < 1.29 is 9.57 Å². The molecule has 0 bridgehead atoms. The van der Waals surface area contributed by atoms with Crippen molar-refractivity contribution in [2.45, 2.75) is 32.3 Å². The molecule has 0 aliphatic carbocycles. The van der Waals surface area contributed by atoms with Gasteiger partial charge in [0.2, 0.25) is 0 Å². The highest BCUT2D eigenvalue weighted by Gasteiger charge is 2.24. The van der Waals surface area contributed by atoms with Gasteiger partial charge in [-0.3, -0.25) is 4.90 Å². The van der Waals surface area contributed by atoms with Crippen molar-refractivity contribution in [3.8, 4) is 5.75 Å². The highest BCUT2D eigenvalue weighted by atomic mass is 32.1. The normalized spacial score (nSPS) is 20.1. The summed E-state index contributed by atoms with van der Waals surface area (Å²) in [4.78, 5) is 11.9. The average molecular weight is 400 g/mol. The van der Waals surface area contributed by atoms with E-state index >= 15 is 0 Å². The monoisotopic (exact) mass is 399 g/mol. The molecule has 6 heteroatoms. The fraction of sp³-hybridized carbons (Fsp3) is 0.500. The molecular weight excluding hydrogens is 370 g/mol. The summed E-state index contributed by atoms with van der Waals surface area (Å²) in [7, 11) is 0. The van der Waals surface area contributed by atoms with Crippen LogP contribution in [-0.2, 0) is 4.84 Å². The molecule has 4 rings (SSSR count). The molecule has 1 saturated heterocycles. The van der Waals surface area contributed by atoms with Gasteiger partial charge in [-0.25, -0.2) is 0 Å². The largest absolute Gasteiger partial charge is 0.492 e. The Hall–Kier alpha value is -2.05. The summed E-state index contributed by atoms with van der Waals surface area (Å²) in [5.41, 5.74) is 2.34. The van der Waals surface area contributed by atoms with E-state index in [1.165, 1.54) is 10.6 Å². The molecule has 150 valence electrons. The second-order valence-electron chi connectivity index (χ2n) is 7.32. The van der Waals surface area contributed by atoms with Gasteiger partial charge in [-0.1, -0.05) is 23.4 Å². The predicted molar refractivity (Wildman–Crippen MR) is 116 cm³/mol. The fourth-order valence-electron chi connectivity index (χ4n) is 3.92. The van der Waals surface area contributed by atoms with Crippen LogP contribution in [0.1, 0.15) is 31.1 Å². The van der Waals surface area contributed by atoms with Crippen LogP contribution in [0.15, 0.2) is 46.9 Å². The van der Waals surface area contributed by atoms with Crippen LogP contribution in [0, 0.1) is 0 Å². The highest BCUT2D eigenvalue weighted by molar-refractivity contribution is 7.12. The highest BCUT2D eigenvalue weighted by Crippen LogP contribution is 2.29. The van der Waals surface area contributed by atoms with Crippen LogP contribution in [0.25, 0.3) is 0 Å². The number of benzene rings is 1. The molecule has 5 nitrogen and oxygen atoms in total. The summed E-state index contributed by atoms with van der Waals surface area (Å²) < 4.78 is 5.80. The molecule has 1 unspecified atom stereocenters. The van der Waals surface area contributed by atoms with Gasteiger partial charge in [0.1, 0.15) is 17.6 Å². The molecule has 2 aliphatic heterocycles. The Morgan fingerprint density at radius 3 is 2.79 bits per heavy atom. The molecule has 28 heavy (non-hydrogen) atoms. The van der Waals surface area contributed by atoms with E-state index in [1.54, 1.807) is 11.3 Å². The lowest BCUT2D eigenvalue weighted by atomic mass is 10.1. The number of para-hydroxylation sites is 2. The minimum absolute atomic E-state index is 0.247. The van der Waals surface area contributed by atoms with E-state index in [1.807, 2.05) is 13.0 Å². The molecule has 0 N–H and O–H groups in total. The molecule has 1 aromatic carbocycles. The predicted octanol–water partition coefficient (Wildman–Crippen LogP) is 4.24. The first kappa shape index (κ1) is 19.3. The fourth-order valence-corrected chi connectivity index (χ4v) is 4.64. The van der Waals surface area contributed by atoms with Crippen LogP contribution in [0.2, 0.25) is 0 Å². The molecule has 0 radical (unpaired) electrons. The molecule has 0 amide bonds. The quantitative estimate of drug-likeness (QED) is 0.665. The van der Waals surface area contributed by atoms with Crippen LogP contribution < -0.4 is 9.64 Å². The topological polar surface area (TPSA) is 37.3 Å². The van der Waals surface area contributed by atoms with Gasteiger partial charge >= 0.3 is 0 Å². The van der Waals surface area contributed by atoms with Crippen molar-refractivity contribution in [3.05, 3.63) is 46.7 Å². The number of ether oxygens (including phenoxy) is 1. The molecule has 0 spiro atoms. The van der Waals surface area contributed by atoms with E-state index in [0.29, 0.717) is 6.61 Å². The first-order valence-corrected chi connectivity index (χ1v) is 11.2. The van der Waals surface area contributed by atoms with Gasteiger partial charge in [-0.15, -0.1) is 11.3 Å². The smallest absolute Gasteiger partial charge is 0.142 e. The third kappa shape index (κ3) is 4.67. The Balaban J connectivity index is 1.18. The maximum atomic E-state index is 5.80. The van der Waals surface area contributed by atoms with Gasteiger partial charge in [0.25, 0.3) is 0 Å². The van der Waals surface area contributed by atoms with Crippen LogP contribution in [0.5, 0.6) is 5.75 Å². The van der Waals surface area contributed by atoms with Crippen LogP contribution in [0.4, 0.5) is 5.69 Å². The van der Waals surface area contributed by atoms with Crippen molar-refractivity contribution in [1.82, 2.24) is 4.90 Å². The number of oxime groups is 1. The third-order valence-electron chi connectivity index (χ3n) is 5.42. The molecule has 2 aromatic rings. The van der Waals surface area contributed by atoms with E-state index in [9.17, 15) is 0 Å². The van der Waals surface area contributed by atoms with Gasteiger partial charge < -0.3 is 14.5 Å². The Bertz CT molecular complexity index is 770. The molecular formula is C22H29N3O2S. The average Bonchev–Trinajstić information content (AvgIpc) is 3.41.